The number of ketones is 1. The number of hydrogen-bond donors (Lipinski definition) is 1. The van der Waals surface area contributed by atoms with Gasteiger partial charge in [-0.1, -0.05) is 79.5 Å². The van der Waals surface area contributed by atoms with Crippen molar-refractivity contribution in [1.29, 1.82) is 0 Å². The van der Waals surface area contributed by atoms with E-state index >= 15 is 0 Å². The average Bonchev–Trinajstić information content (AvgIpc) is 3.79. The molecule has 48 heavy (non-hydrogen) atoms. The van der Waals surface area contributed by atoms with Crippen LogP contribution in [0.15, 0.2) is 59.1 Å². The summed E-state index contributed by atoms with van der Waals surface area (Å²) in [6.45, 7) is 21.2. The van der Waals surface area contributed by atoms with Gasteiger partial charge in [-0.25, -0.2) is 0 Å². The number of allylic oxidation sites excluding steroid dienone is 2. The molecule has 4 heterocycles. The number of aliphatic hydroxyl groups excluding tert-OH is 1. The summed E-state index contributed by atoms with van der Waals surface area (Å²) in [6.07, 6.45) is 6.71. The quantitative estimate of drug-likeness (QED) is 0.0941. The predicted molar refractivity (Wildman–Crippen MR) is 209 cm³/mol. The summed E-state index contributed by atoms with van der Waals surface area (Å²) in [4.78, 5) is 17.1. The van der Waals surface area contributed by atoms with E-state index in [4.69, 9.17) is 4.98 Å². The van der Waals surface area contributed by atoms with Crippen LogP contribution in [0, 0.1) is 23.8 Å². The van der Waals surface area contributed by atoms with Crippen LogP contribution in [0.1, 0.15) is 99.1 Å². The fourth-order valence-corrected chi connectivity index (χ4v) is 9.36. The van der Waals surface area contributed by atoms with Gasteiger partial charge in [-0.2, -0.15) is 11.3 Å². The minimum Gasteiger partial charge on any atom is -0.512 e. The van der Waals surface area contributed by atoms with Crippen LogP contribution in [0.3, 0.4) is 0 Å². The summed E-state index contributed by atoms with van der Waals surface area (Å²) in [5, 5.41) is 19.7. The molecule has 7 heteroatoms. The normalized spacial score (nSPS) is 12.8. The van der Waals surface area contributed by atoms with Gasteiger partial charge in [0.05, 0.1) is 0 Å². The molecule has 0 amide bonds. The molecule has 6 rings (SSSR count). The summed E-state index contributed by atoms with van der Waals surface area (Å²) < 4.78 is 5.34. The maximum absolute atomic E-state index is 12.2. The van der Waals surface area contributed by atoms with Crippen molar-refractivity contribution in [2.45, 2.75) is 100 Å². The Bertz CT molecular complexity index is 2100. The van der Waals surface area contributed by atoms with Gasteiger partial charge in [0.1, 0.15) is 5.76 Å². The van der Waals surface area contributed by atoms with Gasteiger partial charge in [-0.05, 0) is 82.0 Å². The molecular weight excluding hydrogens is 827 g/mol. The maximum atomic E-state index is 12.2. The topological polar surface area (TPSA) is 50.2 Å². The number of pyridine rings is 1. The van der Waals surface area contributed by atoms with Crippen molar-refractivity contribution in [3.63, 3.8) is 0 Å². The SMILES string of the molecule is CCC(C)(CC)C(=O)/C=C(\O)C(C)(CC)CC.Cc1csc2c1ccc1sc3ccnc(-c4[c-]c5ccsc5c(C(C)(C)C)c4)c3c12.[Ir]. The molecule has 2 aromatic carbocycles. The number of benzene rings is 2. The Morgan fingerprint density at radius 2 is 1.52 bits per heavy atom. The number of thiophene rings is 3. The van der Waals surface area contributed by atoms with Crippen LogP contribution < -0.4 is 0 Å². The maximum Gasteiger partial charge on any atom is 0.164 e. The molecule has 1 radical (unpaired) electrons. The zero-order valence-electron chi connectivity index (χ0n) is 29.9. The number of nitrogens with zero attached hydrogens (tertiary/aromatic N) is 1. The molecule has 257 valence electrons. The molecule has 0 aliphatic rings. The minimum absolute atomic E-state index is 0. The van der Waals surface area contributed by atoms with Gasteiger partial charge < -0.3 is 5.11 Å². The molecule has 0 saturated carbocycles. The van der Waals surface area contributed by atoms with Gasteiger partial charge in [0, 0.05) is 68.4 Å². The number of fused-ring (bicyclic) bond motifs is 6. The number of aryl methyl sites for hydroxylation is 1. The van der Waals surface area contributed by atoms with E-state index in [-0.39, 0.29) is 47.9 Å². The van der Waals surface area contributed by atoms with E-state index in [1.54, 1.807) is 0 Å². The summed E-state index contributed by atoms with van der Waals surface area (Å²) in [7, 11) is 0. The van der Waals surface area contributed by atoms with Crippen LogP contribution in [0.5, 0.6) is 0 Å². The summed E-state index contributed by atoms with van der Waals surface area (Å²) in [5.41, 5.74) is 4.33. The number of aromatic nitrogens is 1. The van der Waals surface area contributed by atoms with Gasteiger partial charge in [-0.3, -0.25) is 9.78 Å². The first-order valence-electron chi connectivity index (χ1n) is 16.8. The van der Waals surface area contributed by atoms with Crippen LogP contribution >= 0.6 is 34.0 Å². The molecular formula is C41H48IrNO2S3-. The van der Waals surface area contributed by atoms with Gasteiger partial charge in [0.15, 0.2) is 5.78 Å². The Balaban J connectivity index is 0.000000251. The van der Waals surface area contributed by atoms with Gasteiger partial charge in [0.25, 0.3) is 0 Å². The molecule has 0 aliphatic carbocycles. The Morgan fingerprint density at radius 3 is 2.15 bits per heavy atom. The number of carbonyl (C=O) groups is 1. The van der Waals surface area contributed by atoms with E-state index in [0.29, 0.717) is 0 Å². The second kappa shape index (κ2) is 14.8. The monoisotopic (exact) mass is 875 g/mol. The van der Waals surface area contributed by atoms with Gasteiger partial charge >= 0.3 is 0 Å². The van der Waals surface area contributed by atoms with Gasteiger partial charge in [0.2, 0.25) is 0 Å². The first-order chi connectivity index (χ1) is 22.2. The third-order valence-electron chi connectivity index (χ3n) is 10.4. The minimum atomic E-state index is -0.337. The Morgan fingerprint density at radius 1 is 0.875 bits per heavy atom. The number of aliphatic hydroxyl groups is 1. The van der Waals surface area contributed by atoms with Crippen LogP contribution in [0.4, 0.5) is 0 Å². The molecule has 1 N–H and O–H groups in total. The molecule has 0 bridgehead atoms. The van der Waals surface area contributed by atoms with Crippen LogP contribution in [0.2, 0.25) is 0 Å². The molecule has 0 unspecified atom stereocenters. The predicted octanol–water partition coefficient (Wildman–Crippen LogP) is 13.6. The third kappa shape index (κ3) is 7.09. The standard InChI is InChI=1S/C26H20NS3.C15H28O2.Ir/c1-14-13-29-25-17(14)5-6-19-22(25)21-20(30-19)7-9-27-23(21)16-11-15-8-10-28-24(15)18(12-16)26(2,3)4;1-7-14(5,8-2)12(16)11-13(17)15(6,9-3)10-4;/h5-10,12-13H,1-4H3;11,16H,7-10H2,1-6H3;/q-1;;/b;12-11-;. The zero-order valence-corrected chi connectivity index (χ0v) is 34.7. The molecule has 0 aliphatic heterocycles. The van der Waals surface area contributed by atoms with Gasteiger partial charge in [-0.15, -0.1) is 46.3 Å². The molecule has 3 nitrogen and oxygen atoms in total. The van der Waals surface area contributed by atoms with E-state index < -0.39 is 0 Å². The number of hydrogen-bond acceptors (Lipinski definition) is 6. The van der Waals surface area contributed by atoms with Crippen LogP contribution in [-0.2, 0) is 30.3 Å². The van der Waals surface area contributed by atoms with Crippen LogP contribution in [0.25, 0.3) is 51.6 Å². The van der Waals surface area contributed by atoms with Crippen molar-refractivity contribution in [3.8, 4) is 11.3 Å². The first-order valence-corrected chi connectivity index (χ1v) is 19.4. The van der Waals surface area contributed by atoms with Crippen molar-refractivity contribution < 1.29 is 30.0 Å². The Labute approximate surface area is 311 Å². The molecule has 6 aromatic rings. The van der Waals surface area contributed by atoms with Crippen molar-refractivity contribution in [1.82, 2.24) is 4.98 Å². The van der Waals surface area contributed by atoms with Crippen molar-refractivity contribution >= 4 is 80.1 Å². The van der Waals surface area contributed by atoms with Crippen molar-refractivity contribution in [2.24, 2.45) is 10.8 Å². The van der Waals surface area contributed by atoms with Crippen molar-refractivity contribution in [2.75, 3.05) is 0 Å². The Kier molecular flexibility index (Phi) is 11.9. The van der Waals surface area contributed by atoms with Crippen molar-refractivity contribution in [3.05, 3.63) is 76.3 Å². The summed E-state index contributed by atoms with van der Waals surface area (Å²) in [5.74, 6) is 0.286. The first kappa shape index (κ1) is 38.4. The second-order valence-electron chi connectivity index (χ2n) is 14.3. The number of rotatable bonds is 8. The molecule has 4 aromatic heterocycles. The average molecular weight is 875 g/mol. The van der Waals surface area contributed by atoms with E-state index in [9.17, 15) is 9.90 Å². The fraction of sp³-hybridized carbons (Fsp3) is 0.415. The second-order valence-corrected chi connectivity index (χ2v) is 17.2. The molecule has 0 fully saturated rings. The third-order valence-corrected chi connectivity index (χ3v) is 13.6. The fourth-order valence-electron chi connectivity index (χ4n) is 6.00. The number of carbonyl (C=O) groups excluding carboxylic acids is 1. The Hall–Kier alpha value is -2.41. The van der Waals surface area contributed by atoms with E-state index in [1.165, 1.54) is 57.5 Å². The smallest absolute Gasteiger partial charge is 0.164 e. The van der Waals surface area contributed by atoms with E-state index in [0.717, 1.165) is 36.9 Å². The molecule has 0 spiro atoms. The molecule has 0 atom stereocenters. The van der Waals surface area contributed by atoms with E-state index in [2.05, 4.69) is 74.9 Å². The van der Waals surface area contributed by atoms with E-state index in [1.807, 2.05) is 81.7 Å². The largest absolute Gasteiger partial charge is 0.512 e. The van der Waals surface area contributed by atoms with Crippen LogP contribution in [-0.4, -0.2) is 15.9 Å². The zero-order chi connectivity index (χ0) is 34.3. The molecule has 0 saturated heterocycles. The summed E-state index contributed by atoms with van der Waals surface area (Å²) >= 11 is 5.52. The summed E-state index contributed by atoms with van der Waals surface area (Å²) in [6, 6.07) is 14.9.